The fourth-order valence-corrected chi connectivity index (χ4v) is 4.53. The average molecular weight is 331 g/mol. The van der Waals surface area contributed by atoms with Crippen molar-refractivity contribution in [3.05, 3.63) is 23.8 Å². The summed E-state index contributed by atoms with van der Waals surface area (Å²) in [6, 6.07) is 0.254. The van der Waals surface area contributed by atoms with Crippen LogP contribution in [-0.4, -0.2) is 45.9 Å². The van der Waals surface area contributed by atoms with Gasteiger partial charge >= 0.3 is 5.97 Å². The fourth-order valence-electron chi connectivity index (χ4n) is 4.53. The minimum absolute atomic E-state index is 0.116. The van der Waals surface area contributed by atoms with E-state index in [2.05, 4.69) is 30.7 Å². The molecule has 0 radical (unpaired) electrons. The number of likely N-dealkylation sites (tertiary alicyclic amines) is 1. The topological polar surface area (TPSA) is 72.4 Å². The van der Waals surface area contributed by atoms with Crippen molar-refractivity contribution >= 4 is 11.9 Å². The Balaban J connectivity index is 1.60. The predicted octanol–water partition coefficient (Wildman–Crippen LogP) is 2.37. The Hall–Kier alpha value is -1.98. The second kappa shape index (κ2) is 5.83. The van der Waals surface area contributed by atoms with Crippen LogP contribution in [0.1, 0.15) is 56.2 Å². The molecule has 2 fully saturated rings. The minimum atomic E-state index is -0.607. The molecule has 24 heavy (non-hydrogen) atoms. The first-order valence-corrected chi connectivity index (χ1v) is 8.43. The molecule has 2 heterocycles. The van der Waals surface area contributed by atoms with E-state index in [0.717, 1.165) is 31.5 Å². The molecule has 0 N–H and O–H groups in total. The second-order valence-corrected chi connectivity index (χ2v) is 8.35. The van der Waals surface area contributed by atoms with Crippen LogP contribution in [0.5, 0.6) is 0 Å². The molecule has 2 aliphatic rings. The van der Waals surface area contributed by atoms with E-state index in [1.165, 1.54) is 12.4 Å². The lowest BCUT2D eigenvalue weighted by atomic mass is 9.65. The van der Waals surface area contributed by atoms with Crippen molar-refractivity contribution in [2.45, 2.75) is 53.0 Å². The molecule has 1 saturated heterocycles. The highest BCUT2D eigenvalue weighted by Gasteiger charge is 2.50. The number of fused-ring (bicyclic) bond motifs is 2. The second-order valence-electron chi connectivity index (χ2n) is 8.35. The molecule has 1 amide bonds. The van der Waals surface area contributed by atoms with Gasteiger partial charge in [-0.3, -0.25) is 9.78 Å². The van der Waals surface area contributed by atoms with Crippen molar-refractivity contribution in [2.75, 3.05) is 13.2 Å². The number of rotatable bonds is 3. The van der Waals surface area contributed by atoms with Crippen molar-refractivity contribution in [3.8, 4) is 0 Å². The number of amides is 1. The SMILES string of the molecule is Cc1cnc(C(=O)OCC(=O)N2CC3(C)CC2CC(C)(C)C3)cn1. The number of nitrogens with zero attached hydrogens (tertiary/aromatic N) is 3. The predicted molar refractivity (Wildman–Crippen MR) is 88.3 cm³/mol. The zero-order valence-electron chi connectivity index (χ0n) is 14.8. The molecule has 6 heteroatoms. The van der Waals surface area contributed by atoms with E-state index < -0.39 is 5.97 Å². The summed E-state index contributed by atoms with van der Waals surface area (Å²) >= 11 is 0. The summed E-state index contributed by atoms with van der Waals surface area (Å²) in [5.74, 6) is -0.723. The van der Waals surface area contributed by atoms with Crippen LogP contribution >= 0.6 is 0 Å². The van der Waals surface area contributed by atoms with Gasteiger partial charge in [-0.2, -0.15) is 0 Å². The van der Waals surface area contributed by atoms with E-state index in [4.69, 9.17) is 4.74 Å². The van der Waals surface area contributed by atoms with Crippen LogP contribution in [-0.2, 0) is 9.53 Å². The maximum absolute atomic E-state index is 12.5. The zero-order chi connectivity index (χ0) is 17.5. The molecule has 2 atom stereocenters. The summed E-state index contributed by atoms with van der Waals surface area (Å²) in [4.78, 5) is 34.4. The van der Waals surface area contributed by atoms with Crippen LogP contribution in [0.15, 0.2) is 12.4 Å². The number of aromatic nitrogens is 2. The Morgan fingerprint density at radius 1 is 1.25 bits per heavy atom. The van der Waals surface area contributed by atoms with Crippen molar-refractivity contribution in [3.63, 3.8) is 0 Å². The summed E-state index contributed by atoms with van der Waals surface area (Å²) in [7, 11) is 0. The Labute approximate surface area is 142 Å². The Kier molecular flexibility index (Phi) is 4.10. The molecule has 0 aromatic carbocycles. The van der Waals surface area contributed by atoms with Gasteiger partial charge in [0.05, 0.1) is 11.9 Å². The quantitative estimate of drug-likeness (QED) is 0.795. The first-order valence-electron chi connectivity index (χ1n) is 8.43. The smallest absolute Gasteiger partial charge is 0.359 e. The van der Waals surface area contributed by atoms with E-state index in [9.17, 15) is 9.59 Å². The summed E-state index contributed by atoms with van der Waals surface area (Å²) in [6.45, 7) is 9.09. The summed E-state index contributed by atoms with van der Waals surface area (Å²) in [5.41, 5.74) is 1.28. The lowest BCUT2D eigenvalue weighted by molar-refractivity contribution is -0.135. The van der Waals surface area contributed by atoms with Crippen LogP contribution in [0.25, 0.3) is 0 Å². The first-order chi connectivity index (χ1) is 11.2. The molecule has 2 bridgehead atoms. The van der Waals surface area contributed by atoms with E-state index >= 15 is 0 Å². The van der Waals surface area contributed by atoms with Crippen molar-refractivity contribution in [1.82, 2.24) is 14.9 Å². The number of carbonyl (C=O) groups is 2. The molecule has 0 spiro atoms. The summed E-state index contributed by atoms with van der Waals surface area (Å²) in [6.07, 6.45) is 6.05. The monoisotopic (exact) mass is 331 g/mol. The van der Waals surface area contributed by atoms with Gasteiger partial charge in [0.2, 0.25) is 0 Å². The number of aryl methyl sites for hydroxylation is 1. The largest absolute Gasteiger partial charge is 0.451 e. The third kappa shape index (κ3) is 3.42. The van der Waals surface area contributed by atoms with Crippen molar-refractivity contribution < 1.29 is 14.3 Å². The summed E-state index contributed by atoms with van der Waals surface area (Å²) < 4.78 is 5.14. The van der Waals surface area contributed by atoms with E-state index in [0.29, 0.717) is 0 Å². The Morgan fingerprint density at radius 2 is 2.00 bits per heavy atom. The molecule has 130 valence electrons. The highest BCUT2D eigenvalue weighted by Crippen LogP contribution is 2.52. The van der Waals surface area contributed by atoms with E-state index in [-0.39, 0.29) is 35.1 Å². The van der Waals surface area contributed by atoms with E-state index in [1.54, 1.807) is 6.92 Å². The molecule has 6 nitrogen and oxygen atoms in total. The highest BCUT2D eigenvalue weighted by atomic mass is 16.5. The Bertz CT molecular complexity index is 656. The van der Waals surface area contributed by atoms with Gasteiger partial charge in [-0.25, -0.2) is 9.78 Å². The zero-order valence-corrected chi connectivity index (χ0v) is 14.8. The van der Waals surface area contributed by atoms with Gasteiger partial charge in [0.25, 0.3) is 5.91 Å². The van der Waals surface area contributed by atoms with Gasteiger partial charge in [0.1, 0.15) is 0 Å². The number of carbonyl (C=O) groups excluding carboxylic acids is 2. The van der Waals surface area contributed by atoms with Gasteiger partial charge in [-0.15, -0.1) is 0 Å². The number of hydrogen-bond acceptors (Lipinski definition) is 5. The lowest BCUT2D eigenvalue weighted by Crippen LogP contribution is -2.39. The average Bonchev–Trinajstić information content (AvgIpc) is 2.74. The van der Waals surface area contributed by atoms with E-state index in [1.807, 2.05) is 4.90 Å². The normalized spacial score (nSPS) is 27.8. The molecular weight excluding hydrogens is 306 g/mol. The molecule has 1 aliphatic carbocycles. The molecule has 1 saturated carbocycles. The lowest BCUT2D eigenvalue weighted by Gasteiger charge is -2.39. The van der Waals surface area contributed by atoms with Gasteiger partial charge in [-0.05, 0) is 37.0 Å². The Morgan fingerprint density at radius 3 is 2.67 bits per heavy atom. The molecule has 1 aromatic rings. The molecule has 3 rings (SSSR count). The van der Waals surface area contributed by atoms with Gasteiger partial charge in [-0.1, -0.05) is 20.8 Å². The fraction of sp³-hybridized carbons (Fsp3) is 0.667. The number of ether oxygens (including phenoxy) is 1. The minimum Gasteiger partial charge on any atom is -0.451 e. The molecule has 1 aliphatic heterocycles. The van der Waals surface area contributed by atoms with Gasteiger partial charge in [0.15, 0.2) is 12.3 Å². The standard InChI is InChI=1S/C18H25N3O3/c1-12-7-20-14(8-19-12)16(23)24-9-15(22)21-11-18(4)6-13(21)5-17(2,3)10-18/h7-8,13H,5-6,9-11H2,1-4H3. The van der Waals surface area contributed by atoms with Crippen LogP contribution in [0.2, 0.25) is 0 Å². The van der Waals surface area contributed by atoms with Crippen LogP contribution < -0.4 is 0 Å². The number of hydrogen-bond donors (Lipinski definition) is 0. The number of esters is 1. The van der Waals surface area contributed by atoms with Crippen LogP contribution in [0.4, 0.5) is 0 Å². The maximum Gasteiger partial charge on any atom is 0.359 e. The van der Waals surface area contributed by atoms with Crippen LogP contribution in [0, 0.1) is 17.8 Å². The third-order valence-electron chi connectivity index (χ3n) is 5.05. The van der Waals surface area contributed by atoms with Gasteiger partial charge < -0.3 is 9.64 Å². The van der Waals surface area contributed by atoms with Gasteiger partial charge in [0, 0.05) is 18.8 Å². The first kappa shape index (κ1) is 16.9. The summed E-state index contributed by atoms with van der Waals surface area (Å²) in [5, 5.41) is 0. The maximum atomic E-state index is 12.5. The molecule has 2 unspecified atom stereocenters. The van der Waals surface area contributed by atoms with Crippen LogP contribution in [0.3, 0.4) is 0 Å². The third-order valence-corrected chi connectivity index (χ3v) is 5.05. The molecule has 1 aromatic heterocycles. The van der Waals surface area contributed by atoms with Crippen molar-refractivity contribution in [1.29, 1.82) is 0 Å². The highest BCUT2D eigenvalue weighted by molar-refractivity contribution is 5.89. The molecular formula is C18H25N3O3. The van der Waals surface area contributed by atoms with Crippen molar-refractivity contribution in [2.24, 2.45) is 10.8 Å².